The van der Waals surface area contributed by atoms with Gasteiger partial charge in [-0.25, -0.2) is 0 Å². The van der Waals surface area contributed by atoms with E-state index in [-0.39, 0.29) is 0 Å². The second kappa shape index (κ2) is 3.30. The molecule has 0 fully saturated rings. The van der Waals surface area contributed by atoms with E-state index in [0.717, 1.165) is 0 Å². The lowest BCUT2D eigenvalue weighted by atomic mass is 10.2. The maximum atomic E-state index is 10.7. The van der Waals surface area contributed by atoms with Crippen LogP contribution < -0.4 is 0 Å². The summed E-state index contributed by atoms with van der Waals surface area (Å²) in [6.07, 6.45) is 0. The molecule has 0 saturated heterocycles. The molecule has 0 atom stereocenters. The fourth-order valence-corrected chi connectivity index (χ4v) is 1.52. The van der Waals surface area contributed by atoms with Gasteiger partial charge in [-0.2, -0.15) is 5.10 Å². The van der Waals surface area contributed by atoms with Crippen LogP contribution in [0.2, 0.25) is 0 Å². The lowest BCUT2D eigenvalue weighted by Crippen LogP contribution is -1.93. The highest BCUT2D eigenvalue weighted by Crippen LogP contribution is 2.31. The molecule has 15 heavy (non-hydrogen) atoms. The summed E-state index contributed by atoms with van der Waals surface area (Å²) >= 11 is 0. The van der Waals surface area contributed by atoms with Crippen LogP contribution in [0.5, 0.6) is 0 Å². The van der Waals surface area contributed by atoms with E-state index in [1.54, 1.807) is 31.6 Å². The maximum Gasteiger partial charge on any atom is 0.158 e. The van der Waals surface area contributed by atoms with Gasteiger partial charge in [0, 0.05) is 13.1 Å². The third-order valence-electron chi connectivity index (χ3n) is 2.15. The molecule has 0 N–H and O–H groups in total. The molecule has 2 rings (SSSR count). The van der Waals surface area contributed by atoms with E-state index in [1.165, 1.54) is 0 Å². The van der Waals surface area contributed by atoms with Crippen molar-refractivity contribution in [1.82, 2.24) is 14.9 Å². The summed E-state index contributed by atoms with van der Waals surface area (Å²) in [7, 11) is 1.74. The Balaban J connectivity index is 2.66. The minimum Gasteiger partial charge on any atom is -0.361 e. The Morgan fingerprint density at radius 1 is 1.47 bits per heavy atom. The number of hydrogen-bond donors (Lipinski definition) is 0. The van der Waals surface area contributed by atoms with Crippen LogP contribution in [0, 0.1) is 18.8 Å². The van der Waals surface area contributed by atoms with Crippen molar-refractivity contribution < 1.29 is 4.52 Å². The molecule has 78 valence electrons. The van der Waals surface area contributed by atoms with E-state index in [4.69, 9.17) is 4.52 Å². The van der Waals surface area contributed by atoms with E-state index >= 15 is 0 Å². The van der Waals surface area contributed by atoms with Gasteiger partial charge in [-0.15, -0.1) is 4.91 Å². The Bertz CT molecular complexity index is 512. The van der Waals surface area contributed by atoms with Crippen LogP contribution >= 0.6 is 0 Å². The molecular weight excluding hydrogens is 196 g/mol. The van der Waals surface area contributed by atoms with Gasteiger partial charge < -0.3 is 4.52 Å². The van der Waals surface area contributed by atoms with Crippen LogP contribution in [0.1, 0.15) is 11.5 Å². The van der Waals surface area contributed by atoms with Crippen LogP contribution in [0.4, 0.5) is 5.69 Å². The summed E-state index contributed by atoms with van der Waals surface area (Å²) in [5, 5.41) is 10.9. The average Bonchev–Trinajstić information content (AvgIpc) is 2.70. The van der Waals surface area contributed by atoms with Crippen molar-refractivity contribution >= 4 is 5.69 Å². The van der Waals surface area contributed by atoms with Crippen LogP contribution in [0.3, 0.4) is 0 Å². The molecule has 0 spiro atoms. The predicted octanol–water partition coefficient (Wildman–Crippen LogP) is 2.09. The van der Waals surface area contributed by atoms with Crippen molar-refractivity contribution in [2.24, 2.45) is 12.2 Å². The fraction of sp³-hybridized carbons (Fsp3) is 0.333. The molecule has 2 aromatic heterocycles. The molecule has 6 heteroatoms. The van der Waals surface area contributed by atoms with E-state index in [0.29, 0.717) is 28.5 Å². The minimum atomic E-state index is 0.311. The predicted molar refractivity (Wildman–Crippen MR) is 53.6 cm³/mol. The second-order valence-electron chi connectivity index (χ2n) is 3.32. The molecule has 0 saturated carbocycles. The normalized spacial score (nSPS) is 10.6. The quantitative estimate of drug-likeness (QED) is 0.705. The molecule has 2 aromatic rings. The molecule has 0 radical (unpaired) electrons. The zero-order chi connectivity index (χ0) is 11.0. The van der Waals surface area contributed by atoms with Crippen molar-refractivity contribution in [2.45, 2.75) is 13.8 Å². The van der Waals surface area contributed by atoms with Gasteiger partial charge in [-0.3, -0.25) is 4.68 Å². The number of aryl methyl sites for hydroxylation is 3. The molecule has 0 aliphatic heterocycles. The second-order valence-corrected chi connectivity index (χ2v) is 3.32. The molecule has 0 aliphatic carbocycles. The number of aromatic nitrogens is 3. The zero-order valence-corrected chi connectivity index (χ0v) is 8.68. The summed E-state index contributed by atoms with van der Waals surface area (Å²) in [5.74, 6) is 0.681. The largest absolute Gasteiger partial charge is 0.361 e. The van der Waals surface area contributed by atoms with Crippen molar-refractivity contribution in [3.8, 4) is 11.4 Å². The molecule has 0 aromatic carbocycles. The Hall–Kier alpha value is -1.98. The Morgan fingerprint density at radius 2 is 2.20 bits per heavy atom. The number of nitroso groups, excluding NO2 is 1. The Kier molecular flexibility index (Phi) is 2.11. The van der Waals surface area contributed by atoms with Crippen molar-refractivity contribution in [2.75, 3.05) is 0 Å². The topological polar surface area (TPSA) is 73.3 Å². The highest BCUT2D eigenvalue weighted by atomic mass is 16.5. The summed E-state index contributed by atoms with van der Waals surface area (Å²) in [6, 6.07) is 1.74. The van der Waals surface area contributed by atoms with Gasteiger partial charge in [0.05, 0.1) is 5.69 Å². The van der Waals surface area contributed by atoms with Crippen molar-refractivity contribution in [3.63, 3.8) is 0 Å². The molecular formula is C9H10N4O2. The molecule has 2 heterocycles. The fourth-order valence-electron chi connectivity index (χ4n) is 1.52. The van der Waals surface area contributed by atoms with Gasteiger partial charge in [0.1, 0.15) is 17.1 Å². The first-order chi connectivity index (χ1) is 7.13. The third-order valence-corrected chi connectivity index (χ3v) is 2.15. The summed E-state index contributed by atoms with van der Waals surface area (Å²) in [4.78, 5) is 10.7. The third kappa shape index (κ3) is 1.43. The smallest absolute Gasteiger partial charge is 0.158 e. The summed E-state index contributed by atoms with van der Waals surface area (Å²) in [6.45, 7) is 3.51. The van der Waals surface area contributed by atoms with Gasteiger partial charge >= 0.3 is 0 Å². The van der Waals surface area contributed by atoms with E-state index in [9.17, 15) is 4.91 Å². The Morgan fingerprint density at radius 3 is 2.73 bits per heavy atom. The first kappa shape index (κ1) is 9.57. The van der Waals surface area contributed by atoms with Gasteiger partial charge in [0.25, 0.3) is 0 Å². The Labute approximate surface area is 85.9 Å². The average molecular weight is 206 g/mol. The number of nitrogens with zero attached hydrogens (tertiary/aromatic N) is 4. The monoisotopic (exact) mass is 206 g/mol. The van der Waals surface area contributed by atoms with E-state index in [2.05, 4.69) is 15.4 Å². The van der Waals surface area contributed by atoms with Gasteiger partial charge in [0.2, 0.25) is 0 Å². The first-order valence-corrected chi connectivity index (χ1v) is 4.44. The lowest BCUT2D eigenvalue weighted by molar-refractivity contribution is 0.399. The maximum absolute atomic E-state index is 10.7. The van der Waals surface area contributed by atoms with E-state index in [1.807, 2.05) is 0 Å². The van der Waals surface area contributed by atoms with Gasteiger partial charge in [-0.05, 0) is 19.0 Å². The van der Waals surface area contributed by atoms with Crippen LogP contribution in [0.25, 0.3) is 11.4 Å². The first-order valence-electron chi connectivity index (χ1n) is 4.44. The van der Waals surface area contributed by atoms with Crippen LogP contribution in [-0.2, 0) is 7.05 Å². The SMILES string of the molecule is Cc1cc(-c2c(N=O)c(C)nn2C)no1. The van der Waals surface area contributed by atoms with Crippen LogP contribution in [0.15, 0.2) is 15.8 Å². The number of rotatable bonds is 2. The standard InChI is InChI=1S/C9H10N4O2/c1-5-4-7(12-15-5)9-8(11-14)6(2)10-13(9)3/h4H,1-3H3. The van der Waals surface area contributed by atoms with Crippen LogP contribution in [-0.4, -0.2) is 14.9 Å². The highest BCUT2D eigenvalue weighted by Gasteiger charge is 2.18. The minimum absolute atomic E-state index is 0.311. The van der Waals surface area contributed by atoms with Crippen molar-refractivity contribution in [3.05, 3.63) is 22.4 Å². The number of hydrogen-bond acceptors (Lipinski definition) is 5. The van der Waals surface area contributed by atoms with Gasteiger partial charge in [0.15, 0.2) is 5.69 Å². The van der Waals surface area contributed by atoms with Crippen molar-refractivity contribution in [1.29, 1.82) is 0 Å². The van der Waals surface area contributed by atoms with Gasteiger partial charge in [-0.1, -0.05) is 5.16 Å². The highest BCUT2D eigenvalue weighted by molar-refractivity contribution is 5.71. The molecule has 0 amide bonds. The van der Waals surface area contributed by atoms with E-state index < -0.39 is 0 Å². The molecule has 6 nitrogen and oxygen atoms in total. The molecule has 0 unspecified atom stereocenters. The lowest BCUT2D eigenvalue weighted by Gasteiger charge is -1.95. The molecule has 0 bridgehead atoms. The summed E-state index contributed by atoms with van der Waals surface area (Å²) in [5.41, 5.74) is 2.05. The zero-order valence-electron chi connectivity index (χ0n) is 8.68. The summed E-state index contributed by atoms with van der Waals surface area (Å²) < 4.78 is 6.52. The molecule has 0 aliphatic rings.